The molecule has 106 valence electrons. The first-order valence-electron chi connectivity index (χ1n) is 6.11. The van der Waals surface area contributed by atoms with Gasteiger partial charge in [-0.3, -0.25) is 4.79 Å². The fraction of sp³-hybridized carbons (Fsp3) is 0.286. The number of rotatable bonds is 5. The third-order valence-corrected chi connectivity index (χ3v) is 3.30. The van der Waals surface area contributed by atoms with Crippen molar-refractivity contribution in [1.82, 2.24) is 5.16 Å². The lowest BCUT2D eigenvalue weighted by molar-refractivity contribution is -0.135. The number of nitrogens with zero attached hydrogens (tertiary/aromatic N) is 2. The van der Waals surface area contributed by atoms with Crippen LogP contribution in [0.5, 0.6) is 0 Å². The van der Waals surface area contributed by atoms with E-state index >= 15 is 0 Å². The van der Waals surface area contributed by atoms with Gasteiger partial charge in [0.2, 0.25) is 0 Å². The molecule has 2 rings (SSSR count). The first kappa shape index (κ1) is 14.4. The Kier molecular flexibility index (Phi) is 4.29. The number of aryl methyl sites for hydroxylation is 2. The summed E-state index contributed by atoms with van der Waals surface area (Å²) in [6.07, 6.45) is 0. The minimum absolute atomic E-state index is 0.105. The van der Waals surface area contributed by atoms with Crippen molar-refractivity contribution in [2.75, 3.05) is 11.4 Å². The maximum Gasteiger partial charge on any atom is 0.323 e. The Morgan fingerprint density at radius 2 is 2.00 bits per heavy atom. The Morgan fingerprint density at radius 3 is 2.50 bits per heavy atom. The van der Waals surface area contributed by atoms with Crippen LogP contribution in [-0.2, 0) is 11.3 Å². The highest BCUT2D eigenvalue weighted by Gasteiger charge is 2.16. The molecule has 0 unspecified atom stereocenters. The number of benzene rings is 1. The van der Waals surface area contributed by atoms with E-state index in [1.54, 1.807) is 29.2 Å². The van der Waals surface area contributed by atoms with Gasteiger partial charge in [0, 0.05) is 22.8 Å². The molecule has 0 saturated heterocycles. The molecule has 0 fully saturated rings. The average molecular weight is 295 g/mol. The van der Waals surface area contributed by atoms with Crippen LogP contribution in [0.15, 0.2) is 28.8 Å². The first-order chi connectivity index (χ1) is 9.47. The quantitative estimate of drug-likeness (QED) is 0.918. The Labute approximate surface area is 121 Å². The standard InChI is InChI=1S/C14H15ClN2O3/c1-9-13(10(2)20-16-9)7-17(8-14(18)19)12-5-3-11(15)4-6-12/h3-6H,7-8H2,1-2H3,(H,18,19). The van der Waals surface area contributed by atoms with E-state index < -0.39 is 5.97 Å². The molecule has 5 nitrogen and oxygen atoms in total. The van der Waals surface area contributed by atoms with Crippen LogP contribution in [0.2, 0.25) is 5.02 Å². The summed E-state index contributed by atoms with van der Waals surface area (Å²) in [5.74, 6) is -0.196. The van der Waals surface area contributed by atoms with Crippen LogP contribution < -0.4 is 4.90 Å². The molecular weight excluding hydrogens is 280 g/mol. The van der Waals surface area contributed by atoms with Gasteiger partial charge in [0.15, 0.2) is 0 Å². The Bertz CT molecular complexity index is 588. The maximum absolute atomic E-state index is 11.0. The summed E-state index contributed by atoms with van der Waals surface area (Å²) >= 11 is 5.86. The molecule has 0 radical (unpaired) electrons. The van der Waals surface area contributed by atoms with Crippen molar-refractivity contribution in [2.24, 2.45) is 0 Å². The van der Waals surface area contributed by atoms with Crippen LogP contribution in [0.25, 0.3) is 0 Å². The van der Waals surface area contributed by atoms with Gasteiger partial charge in [-0.1, -0.05) is 16.8 Å². The van der Waals surface area contributed by atoms with Gasteiger partial charge in [0.05, 0.1) is 5.69 Å². The van der Waals surface area contributed by atoms with Crippen molar-refractivity contribution in [3.05, 3.63) is 46.3 Å². The highest BCUT2D eigenvalue weighted by molar-refractivity contribution is 6.30. The van der Waals surface area contributed by atoms with Crippen LogP contribution in [-0.4, -0.2) is 22.8 Å². The molecule has 0 amide bonds. The van der Waals surface area contributed by atoms with Crippen molar-refractivity contribution in [2.45, 2.75) is 20.4 Å². The summed E-state index contributed by atoms with van der Waals surface area (Å²) in [6.45, 7) is 3.98. The minimum Gasteiger partial charge on any atom is -0.480 e. The number of carbonyl (C=O) groups is 1. The Morgan fingerprint density at radius 1 is 1.35 bits per heavy atom. The third kappa shape index (κ3) is 3.30. The SMILES string of the molecule is Cc1noc(C)c1CN(CC(=O)O)c1ccc(Cl)cc1. The van der Waals surface area contributed by atoms with Gasteiger partial charge in [0.1, 0.15) is 12.3 Å². The van der Waals surface area contributed by atoms with Gasteiger partial charge >= 0.3 is 5.97 Å². The van der Waals surface area contributed by atoms with Gasteiger partial charge in [-0.15, -0.1) is 0 Å². The molecule has 20 heavy (non-hydrogen) atoms. The normalized spacial score (nSPS) is 10.6. The second-order valence-corrected chi connectivity index (χ2v) is 4.97. The lowest BCUT2D eigenvalue weighted by atomic mass is 10.1. The number of aliphatic carboxylic acids is 1. The zero-order valence-electron chi connectivity index (χ0n) is 11.3. The first-order valence-corrected chi connectivity index (χ1v) is 6.49. The predicted octanol–water partition coefficient (Wildman–Crippen LogP) is 3.04. The molecule has 0 aliphatic heterocycles. The highest BCUT2D eigenvalue weighted by atomic mass is 35.5. The van der Waals surface area contributed by atoms with Crippen LogP contribution in [0.4, 0.5) is 5.69 Å². The van der Waals surface area contributed by atoms with Crippen LogP contribution in [0.1, 0.15) is 17.0 Å². The Balaban J connectivity index is 2.28. The molecule has 0 bridgehead atoms. The van der Waals surface area contributed by atoms with Crippen molar-refractivity contribution in [3.63, 3.8) is 0 Å². The number of aromatic nitrogens is 1. The molecule has 6 heteroatoms. The van der Waals surface area contributed by atoms with Crippen LogP contribution in [0.3, 0.4) is 0 Å². The molecule has 0 aliphatic rings. The second-order valence-electron chi connectivity index (χ2n) is 4.53. The maximum atomic E-state index is 11.0. The van der Waals surface area contributed by atoms with E-state index in [1.165, 1.54) is 0 Å². The molecule has 1 heterocycles. The van der Waals surface area contributed by atoms with Gasteiger partial charge < -0.3 is 14.5 Å². The molecule has 0 saturated carbocycles. The van der Waals surface area contributed by atoms with Crippen molar-refractivity contribution >= 4 is 23.3 Å². The zero-order valence-corrected chi connectivity index (χ0v) is 12.0. The van der Waals surface area contributed by atoms with E-state index in [1.807, 2.05) is 13.8 Å². The summed E-state index contributed by atoms with van der Waals surface area (Å²) in [5.41, 5.74) is 2.46. The minimum atomic E-state index is -0.897. The van der Waals surface area contributed by atoms with Crippen LogP contribution in [0, 0.1) is 13.8 Å². The molecule has 0 atom stereocenters. The molecule has 0 aliphatic carbocycles. The summed E-state index contributed by atoms with van der Waals surface area (Å²) < 4.78 is 5.11. The van der Waals surface area contributed by atoms with Crippen molar-refractivity contribution in [3.8, 4) is 0 Å². The summed E-state index contributed by atoms with van der Waals surface area (Å²) in [4.78, 5) is 12.8. The van der Waals surface area contributed by atoms with E-state index in [4.69, 9.17) is 21.2 Å². The van der Waals surface area contributed by atoms with E-state index in [9.17, 15) is 4.79 Å². The number of carboxylic acids is 1. The van der Waals surface area contributed by atoms with Gasteiger partial charge in [0.25, 0.3) is 0 Å². The summed E-state index contributed by atoms with van der Waals surface area (Å²) in [6, 6.07) is 7.06. The third-order valence-electron chi connectivity index (χ3n) is 3.05. The molecule has 1 N–H and O–H groups in total. The number of carboxylic acid groups (broad SMARTS) is 1. The van der Waals surface area contributed by atoms with Gasteiger partial charge in [-0.25, -0.2) is 0 Å². The predicted molar refractivity (Wildman–Crippen MR) is 76.1 cm³/mol. The fourth-order valence-corrected chi connectivity index (χ4v) is 2.10. The average Bonchev–Trinajstić information content (AvgIpc) is 2.70. The van der Waals surface area contributed by atoms with Crippen molar-refractivity contribution in [1.29, 1.82) is 0 Å². The number of hydrogen-bond acceptors (Lipinski definition) is 4. The Hall–Kier alpha value is -2.01. The molecule has 2 aromatic rings. The number of hydrogen-bond donors (Lipinski definition) is 1. The molecule has 1 aromatic heterocycles. The topological polar surface area (TPSA) is 66.6 Å². The second kappa shape index (κ2) is 5.96. The number of anilines is 1. The monoisotopic (exact) mass is 294 g/mol. The molecule has 0 spiro atoms. The zero-order chi connectivity index (χ0) is 14.7. The lowest BCUT2D eigenvalue weighted by Gasteiger charge is -2.22. The molecule has 1 aromatic carbocycles. The van der Waals surface area contributed by atoms with E-state index in [0.29, 0.717) is 17.3 Å². The summed E-state index contributed by atoms with van der Waals surface area (Å²) in [5, 5.41) is 13.6. The fourth-order valence-electron chi connectivity index (χ4n) is 1.97. The largest absolute Gasteiger partial charge is 0.480 e. The molecular formula is C14H15ClN2O3. The van der Waals surface area contributed by atoms with Crippen LogP contribution >= 0.6 is 11.6 Å². The lowest BCUT2D eigenvalue weighted by Crippen LogP contribution is -2.29. The van der Waals surface area contributed by atoms with E-state index in [-0.39, 0.29) is 6.54 Å². The van der Waals surface area contributed by atoms with Crippen molar-refractivity contribution < 1.29 is 14.4 Å². The summed E-state index contributed by atoms with van der Waals surface area (Å²) in [7, 11) is 0. The van der Waals surface area contributed by atoms with Gasteiger partial charge in [-0.2, -0.15) is 0 Å². The van der Waals surface area contributed by atoms with E-state index in [0.717, 1.165) is 16.9 Å². The highest BCUT2D eigenvalue weighted by Crippen LogP contribution is 2.22. The van der Waals surface area contributed by atoms with Gasteiger partial charge in [-0.05, 0) is 38.1 Å². The number of halogens is 1. The van der Waals surface area contributed by atoms with E-state index in [2.05, 4.69) is 5.16 Å². The smallest absolute Gasteiger partial charge is 0.323 e.